The van der Waals surface area contributed by atoms with Crippen LogP contribution in [0.4, 0.5) is 15.8 Å². The fourth-order valence-electron chi connectivity index (χ4n) is 3.08. The third-order valence-electron chi connectivity index (χ3n) is 4.86. The van der Waals surface area contributed by atoms with Crippen molar-refractivity contribution >= 4 is 58.2 Å². The molecule has 0 radical (unpaired) electrons. The Bertz CT molecular complexity index is 892. The number of hydrogen-bond donors (Lipinski definition) is 1. The molecular weight excluding hydrogens is 444 g/mol. The largest absolute Gasteiger partial charge is 0.350 e. The maximum absolute atomic E-state index is 13.9. The number of rotatable bonds is 7. The van der Waals surface area contributed by atoms with Crippen LogP contribution in [0.3, 0.4) is 0 Å². The van der Waals surface area contributed by atoms with E-state index in [-0.39, 0.29) is 36.5 Å². The molecule has 0 aromatic heterocycles. The minimum absolute atomic E-state index is 0. The van der Waals surface area contributed by atoms with Gasteiger partial charge in [-0.2, -0.15) is 0 Å². The van der Waals surface area contributed by atoms with Gasteiger partial charge >= 0.3 is 0 Å². The van der Waals surface area contributed by atoms with Crippen LogP contribution >= 0.6 is 35.8 Å². The van der Waals surface area contributed by atoms with Gasteiger partial charge in [0.1, 0.15) is 5.82 Å². The van der Waals surface area contributed by atoms with Crippen molar-refractivity contribution in [3.63, 3.8) is 0 Å². The molecule has 0 bridgehead atoms. The van der Waals surface area contributed by atoms with Gasteiger partial charge < -0.3 is 10.2 Å². The predicted molar refractivity (Wildman–Crippen MR) is 128 cm³/mol. The van der Waals surface area contributed by atoms with E-state index in [4.69, 9.17) is 16.6 Å². The Balaban J connectivity index is 0.00000320. The van der Waals surface area contributed by atoms with Crippen LogP contribution in [0.1, 0.15) is 31.7 Å². The first-order valence-corrected chi connectivity index (χ1v) is 11.1. The number of unbranched alkanes of at least 4 members (excludes halogenated alkanes) is 1. The molecule has 0 saturated carbocycles. The molecule has 1 amide bonds. The third-order valence-corrected chi connectivity index (χ3v) is 6.28. The number of nitrogens with one attached hydrogen (secondary N) is 1. The molecule has 4 nitrogen and oxygen atoms in total. The Morgan fingerprint density at radius 3 is 2.70 bits per heavy atom. The summed E-state index contributed by atoms with van der Waals surface area (Å²) in [5, 5.41) is 3.81. The van der Waals surface area contributed by atoms with Crippen LogP contribution in [0.2, 0.25) is 5.02 Å². The van der Waals surface area contributed by atoms with Crippen molar-refractivity contribution < 1.29 is 9.18 Å². The molecule has 1 fully saturated rings. The standard InChI is InChI=1S/C22H25ClFN3OS.ClH/c1-3-4-5-15-6-9-17(10-7-15)25-22-27(2)18(14-29-22)13-21(28)26-20-11-8-16(23)12-19(20)24;/h6-12,18H,3-5,13-14H2,1-2H3,(H,26,28);1H. The van der Waals surface area contributed by atoms with E-state index in [1.807, 2.05) is 24.1 Å². The number of nitrogens with zero attached hydrogens (tertiary/aromatic N) is 2. The van der Waals surface area contributed by atoms with Gasteiger partial charge in [-0.3, -0.25) is 4.79 Å². The Kier molecular flexibility index (Phi) is 9.46. The average molecular weight is 470 g/mol. The number of carbonyl (C=O) groups is 1. The molecule has 1 heterocycles. The number of aliphatic imine (C=N–C) groups is 1. The van der Waals surface area contributed by atoms with Crippen molar-refractivity contribution in [3.05, 3.63) is 58.9 Å². The van der Waals surface area contributed by atoms with Crippen LogP contribution in [0.15, 0.2) is 47.5 Å². The van der Waals surface area contributed by atoms with Gasteiger partial charge in [0.2, 0.25) is 5.91 Å². The normalized spacial score (nSPS) is 17.1. The molecule has 1 unspecified atom stereocenters. The van der Waals surface area contributed by atoms with E-state index in [2.05, 4.69) is 24.4 Å². The number of benzene rings is 2. The number of halogens is 3. The number of aryl methyl sites for hydroxylation is 1. The zero-order valence-corrected chi connectivity index (χ0v) is 19.4. The zero-order chi connectivity index (χ0) is 20.8. The molecule has 0 spiro atoms. The molecule has 0 aliphatic carbocycles. The first-order chi connectivity index (χ1) is 14.0. The summed E-state index contributed by atoms with van der Waals surface area (Å²) >= 11 is 7.38. The maximum atomic E-state index is 13.9. The molecule has 162 valence electrons. The van der Waals surface area contributed by atoms with Crippen molar-refractivity contribution in [2.75, 3.05) is 18.1 Å². The number of thioether (sulfide) groups is 1. The number of anilines is 1. The highest BCUT2D eigenvalue weighted by atomic mass is 35.5. The number of amidine groups is 1. The molecule has 1 aliphatic heterocycles. The van der Waals surface area contributed by atoms with Crippen LogP contribution in [-0.4, -0.2) is 34.8 Å². The van der Waals surface area contributed by atoms with E-state index >= 15 is 0 Å². The summed E-state index contributed by atoms with van der Waals surface area (Å²) in [7, 11) is 1.94. The molecule has 1 aliphatic rings. The van der Waals surface area contributed by atoms with Gasteiger partial charge in [0, 0.05) is 30.3 Å². The maximum Gasteiger partial charge on any atom is 0.226 e. The van der Waals surface area contributed by atoms with Crippen LogP contribution < -0.4 is 5.32 Å². The van der Waals surface area contributed by atoms with E-state index in [9.17, 15) is 9.18 Å². The van der Waals surface area contributed by atoms with Crippen molar-refractivity contribution in [1.29, 1.82) is 0 Å². The van der Waals surface area contributed by atoms with Gasteiger partial charge in [-0.15, -0.1) is 12.4 Å². The molecule has 2 aromatic carbocycles. The van der Waals surface area contributed by atoms with E-state index in [1.165, 1.54) is 30.5 Å². The highest BCUT2D eigenvalue weighted by Gasteiger charge is 2.29. The summed E-state index contributed by atoms with van der Waals surface area (Å²) in [5.41, 5.74) is 2.38. The minimum Gasteiger partial charge on any atom is -0.350 e. The SMILES string of the molecule is CCCCc1ccc(N=C2SCC(CC(=O)Nc3ccc(Cl)cc3F)N2C)cc1.Cl. The summed E-state index contributed by atoms with van der Waals surface area (Å²) in [6, 6.07) is 12.5. The van der Waals surface area contributed by atoms with Crippen molar-refractivity contribution in [2.45, 2.75) is 38.6 Å². The fraction of sp³-hybridized carbons (Fsp3) is 0.364. The second kappa shape index (κ2) is 11.6. The van der Waals surface area contributed by atoms with Crippen molar-refractivity contribution in [3.8, 4) is 0 Å². The fourth-order valence-corrected chi connectivity index (χ4v) is 4.45. The van der Waals surface area contributed by atoms with E-state index in [0.29, 0.717) is 5.02 Å². The van der Waals surface area contributed by atoms with Gasteiger partial charge in [-0.1, -0.05) is 48.8 Å². The van der Waals surface area contributed by atoms with Gasteiger partial charge in [0.05, 0.1) is 11.4 Å². The van der Waals surface area contributed by atoms with Crippen LogP contribution in [0, 0.1) is 5.82 Å². The highest BCUT2D eigenvalue weighted by Crippen LogP contribution is 2.28. The molecule has 2 aromatic rings. The molecule has 8 heteroatoms. The first-order valence-electron chi connectivity index (χ1n) is 9.74. The van der Waals surface area contributed by atoms with Gasteiger partial charge in [0.25, 0.3) is 0 Å². The minimum atomic E-state index is -0.537. The summed E-state index contributed by atoms with van der Waals surface area (Å²) in [6.45, 7) is 2.19. The van der Waals surface area contributed by atoms with Gasteiger partial charge in [-0.25, -0.2) is 9.38 Å². The lowest BCUT2D eigenvalue weighted by atomic mass is 10.1. The molecule has 1 N–H and O–H groups in total. The predicted octanol–water partition coefficient (Wildman–Crippen LogP) is 6.31. The Hall–Kier alpha value is -1.76. The Morgan fingerprint density at radius 2 is 2.03 bits per heavy atom. The lowest BCUT2D eigenvalue weighted by Crippen LogP contribution is -2.33. The zero-order valence-electron chi connectivity index (χ0n) is 17.0. The highest BCUT2D eigenvalue weighted by molar-refractivity contribution is 8.14. The number of carbonyl (C=O) groups excluding carboxylic acids is 1. The summed E-state index contributed by atoms with van der Waals surface area (Å²) in [4.78, 5) is 19.1. The molecule has 3 rings (SSSR count). The Labute approximate surface area is 192 Å². The first kappa shape index (κ1) is 24.5. The van der Waals surface area contributed by atoms with Crippen molar-refractivity contribution in [1.82, 2.24) is 4.90 Å². The lowest BCUT2D eigenvalue weighted by molar-refractivity contribution is -0.116. The van der Waals surface area contributed by atoms with E-state index < -0.39 is 5.82 Å². The molecule has 1 saturated heterocycles. The number of hydrogen-bond acceptors (Lipinski definition) is 3. The quantitative estimate of drug-likeness (QED) is 0.516. The molecule has 1 atom stereocenters. The van der Waals surface area contributed by atoms with E-state index in [1.54, 1.807) is 17.8 Å². The summed E-state index contributed by atoms with van der Waals surface area (Å²) in [6.07, 6.45) is 3.73. The van der Waals surface area contributed by atoms with Crippen molar-refractivity contribution in [2.24, 2.45) is 4.99 Å². The van der Waals surface area contributed by atoms with Crippen LogP contribution in [0.5, 0.6) is 0 Å². The second-order valence-corrected chi connectivity index (χ2v) is 8.54. The lowest BCUT2D eigenvalue weighted by Gasteiger charge is -2.20. The van der Waals surface area contributed by atoms with E-state index in [0.717, 1.165) is 23.0 Å². The molecule has 30 heavy (non-hydrogen) atoms. The number of amides is 1. The van der Waals surface area contributed by atoms with Gasteiger partial charge in [0.15, 0.2) is 5.17 Å². The summed E-state index contributed by atoms with van der Waals surface area (Å²) in [5.74, 6) is -0.00435. The smallest absolute Gasteiger partial charge is 0.226 e. The second-order valence-electron chi connectivity index (χ2n) is 7.12. The summed E-state index contributed by atoms with van der Waals surface area (Å²) < 4.78 is 13.9. The monoisotopic (exact) mass is 469 g/mol. The van der Waals surface area contributed by atoms with Crippen LogP contribution in [-0.2, 0) is 11.2 Å². The van der Waals surface area contributed by atoms with Crippen LogP contribution in [0.25, 0.3) is 0 Å². The van der Waals surface area contributed by atoms with Gasteiger partial charge in [-0.05, 0) is 48.7 Å². The molecular formula is C22H26Cl2FN3OS. The average Bonchev–Trinajstić information content (AvgIpc) is 3.03. The third kappa shape index (κ3) is 6.62. The topological polar surface area (TPSA) is 44.7 Å². The Morgan fingerprint density at radius 1 is 1.30 bits per heavy atom.